The van der Waals surface area contributed by atoms with Crippen molar-refractivity contribution in [3.8, 4) is 11.5 Å². The van der Waals surface area contributed by atoms with Gasteiger partial charge in [0.2, 0.25) is 5.79 Å². The molecule has 92 valence electrons. The average Bonchev–Trinajstić information content (AvgIpc) is 2.48. The number of hydrogen-bond acceptors (Lipinski definition) is 3. The summed E-state index contributed by atoms with van der Waals surface area (Å²) < 4.78 is 11.1. The second-order valence-electron chi connectivity index (χ2n) is 4.48. The predicted molar refractivity (Wildman–Crippen MR) is 62.8 cm³/mol. The number of carboxylic acids is 1. The summed E-state index contributed by atoms with van der Waals surface area (Å²) in [5.74, 6) is -1.27. The Morgan fingerprint density at radius 1 is 1.35 bits per heavy atom. The highest BCUT2D eigenvalue weighted by molar-refractivity contribution is 6.31. The second-order valence-corrected chi connectivity index (χ2v) is 4.89. The zero-order valence-corrected chi connectivity index (χ0v) is 10.5. The van der Waals surface area contributed by atoms with Crippen molar-refractivity contribution in [1.82, 2.24) is 0 Å². The topological polar surface area (TPSA) is 55.8 Å². The van der Waals surface area contributed by atoms with Crippen LogP contribution < -0.4 is 9.47 Å². The highest BCUT2D eigenvalue weighted by Crippen LogP contribution is 2.43. The lowest BCUT2D eigenvalue weighted by Gasteiger charge is -2.16. The van der Waals surface area contributed by atoms with E-state index in [1.54, 1.807) is 32.9 Å². The number of benzene rings is 1. The third kappa shape index (κ3) is 2.17. The van der Waals surface area contributed by atoms with Crippen LogP contribution in [0.2, 0.25) is 5.02 Å². The lowest BCUT2D eigenvalue weighted by atomic mass is 10.0. The third-order valence-corrected chi connectivity index (χ3v) is 2.94. The number of carboxylic acid groups (broad SMARTS) is 1. The van der Waals surface area contributed by atoms with Gasteiger partial charge in [-0.05, 0) is 18.6 Å². The maximum absolute atomic E-state index is 10.9. The number of rotatable bonds is 2. The van der Waals surface area contributed by atoms with Crippen molar-refractivity contribution in [2.24, 2.45) is 0 Å². The Balaban J connectivity index is 2.44. The Labute approximate surface area is 104 Å². The summed E-state index contributed by atoms with van der Waals surface area (Å²) in [4.78, 5) is 10.9. The molecule has 0 aliphatic carbocycles. The van der Waals surface area contributed by atoms with Crippen LogP contribution >= 0.6 is 11.6 Å². The predicted octanol–water partition coefficient (Wildman–Crippen LogP) is 3.04. The highest BCUT2D eigenvalue weighted by Gasteiger charge is 2.33. The van der Waals surface area contributed by atoms with Gasteiger partial charge in [0.15, 0.2) is 11.5 Å². The largest absolute Gasteiger partial charge is 0.481 e. The molecule has 1 aliphatic rings. The van der Waals surface area contributed by atoms with Crippen LogP contribution in [-0.2, 0) is 4.79 Å². The Kier molecular flexibility index (Phi) is 2.70. The van der Waals surface area contributed by atoms with Crippen LogP contribution in [0.25, 0.3) is 0 Å². The van der Waals surface area contributed by atoms with E-state index in [0.717, 1.165) is 0 Å². The van der Waals surface area contributed by atoms with E-state index in [9.17, 15) is 4.79 Å². The zero-order chi connectivity index (χ0) is 12.8. The van der Waals surface area contributed by atoms with E-state index in [-0.39, 0.29) is 0 Å². The molecule has 0 amide bonds. The molecule has 1 atom stereocenters. The second kappa shape index (κ2) is 3.81. The van der Waals surface area contributed by atoms with Crippen LogP contribution in [-0.4, -0.2) is 16.9 Å². The van der Waals surface area contributed by atoms with E-state index in [1.165, 1.54) is 0 Å². The van der Waals surface area contributed by atoms with E-state index in [1.807, 2.05) is 0 Å². The minimum absolute atomic E-state index is 0.375. The van der Waals surface area contributed by atoms with Crippen LogP contribution in [0.5, 0.6) is 11.5 Å². The van der Waals surface area contributed by atoms with E-state index in [2.05, 4.69) is 0 Å². The Morgan fingerprint density at radius 3 is 2.41 bits per heavy atom. The highest BCUT2D eigenvalue weighted by atomic mass is 35.5. The van der Waals surface area contributed by atoms with Gasteiger partial charge in [0.25, 0.3) is 0 Å². The summed E-state index contributed by atoms with van der Waals surface area (Å²) in [5, 5.41) is 9.36. The Bertz CT molecular complexity index is 482. The van der Waals surface area contributed by atoms with Crippen molar-refractivity contribution in [1.29, 1.82) is 0 Å². The Morgan fingerprint density at radius 2 is 1.88 bits per heavy atom. The van der Waals surface area contributed by atoms with Crippen molar-refractivity contribution >= 4 is 17.6 Å². The van der Waals surface area contributed by atoms with Gasteiger partial charge in [-0.25, -0.2) is 0 Å². The monoisotopic (exact) mass is 256 g/mol. The number of carbonyl (C=O) groups is 1. The molecule has 0 bridgehead atoms. The fourth-order valence-electron chi connectivity index (χ4n) is 1.73. The molecule has 0 saturated heterocycles. The van der Waals surface area contributed by atoms with E-state index in [4.69, 9.17) is 26.2 Å². The van der Waals surface area contributed by atoms with E-state index >= 15 is 0 Å². The minimum atomic E-state index is -0.926. The molecule has 0 aromatic heterocycles. The van der Waals surface area contributed by atoms with Crippen molar-refractivity contribution in [3.05, 3.63) is 22.7 Å². The maximum atomic E-state index is 10.9. The van der Waals surface area contributed by atoms with Gasteiger partial charge in [0.1, 0.15) is 0 Å². The molecule has 1 unspecified atom stereocenters. The smallest absolute Gasteiger partial charge is 0.310 e. The lowest BCUT2D eigenvalue weighted by molar-refractivity contribution is -0.138. The number of ether oxygens (including phenoxy) is 2. The van der Waals surface area contributed by atoms with Crippen LogP contribution in [0.4, 0.5) is 0 Å². The molecular weight excluding hydrogens is 244 g/mol. The molecule has 1 N–H and O–H groups in total. The molecule has 1 aliphatic heterocycles. The molecule has 1 heterocycles. The summed E-state index contributed by atoms with van der Waals surface area (Å²) in [6.07, 6.45) is 0. The summed E-state index contributed by atoms with van der Waals surface area (Å²) in [5.41, 5.74) is 0.527. The van der Waals surface area contributed by atoms with Crippen LogP contribution in [0.3, 0.4) is 0 Å². The van der Waals surface area contributed by atoms with Crippen molar-refractivity contribution in [2.45, 2.75) is 32.5 Å². The first kappa shape index (κ1) is 12.0. The molecule has 17 heavy (non-hydrogen) atoms. The number of hydrogen-bond donors (Lipinski definition) is 1. The Hall–Kier alpha value is -1.42. The fraction of sp³-hybridized carbons (Fsp3) is 0.417. The van der Waals surface area contributed by atoms with Crippen molar-refractivity contribution < 1.29 is 19.4 Å². The molecule has 1 aromatic carbocycles. The molecule has 4 nitrogen and oxygen atoms in total. The molecule has 5 heteroatoms. The molecular formula is C12H13ClO4. The van der Waals surface area contributed by atoms with Gasteiger partial charge in [-0.1, -0.05) is 11.6 Å². The van der Waals surface area contributed by atoms with Crippen LogP contribution in [0, 0.1) is 0 Å². The van der Waals surface area contributed by atoms with Gasteiger partial charge in [0, 0.05) is 24.9 Å². The first-order chi connectivity index (χ1) is 7.80. The van der Waals surface area contributed by atoms with Gasteiger partial charge >= 0.3 is 5.97 Å². The molecule has 0 radical (unpaired) electrons. The summed E-state index contributed by atoms with van der Waals surface area (Å²) in [7, 11) is 0. The first-order valence-electron chi connectivity index (χ1n) is 5.24. The zero-order valence-electron chi connectivity index (χ0n) is 9.78. The van der Waals surface area contributed by atoms with Gasteiger partial charge in [-0.2, -0.15) is 0 Å². The molecule has 2 rings (SSSR count). The average molecular weight is 257 g/mol. The number of aliphatic carboxylic acids is 1. The number of fused-ring (bicyclic) bond motifs is 1. The maximum Gasteiger partial charge on any atom is 0.310 e. The van der Waals surface area contributed by atoms with E-state index < -0.39 is 17.7 Å². The minimum Gasteiger partial charge on any atom is -0.481 e. The van der Waals surface area contributed by atoms with Crippen molar-refractivity contribution in [2.75, 3.05) is 0 Å². The number of halogens is 1. The van der Waals surface area contributed by atoms with Gasteiger partial charge < -0.3 is 14.6 Å². The third-order valence-electron chi connectivity index (χ3n) is 2.61. The first-order valence-corrected chi connectivity index (χ1v) is 5.62. The molecule has 0 spiro atoms. The molecule has 0 fully saturated rings. The van der Waals surface area contributed by atoms with Crippen LogP contribution in [0.15, 0.2) is 12.1 Å². The summed E-state index contributed by atoms with van der Waals surface area (Å²) in [6, 6.07) is 3.23. The normalized spacial score (nSPS) is 17.9. The quantitative estimate of drug-likeness (QED) is 0.884. The molecule has 0 saturated carbocycles. The standard InChI is InChI=1S/C12H13ClO4/c1-6(11(14)15)7-4-9-10(5-8(7)13)17-12(2,3)16-9/h4-6H,1-3H3,(H,14,15). The fourth-order valence-corrected chi connectivity index (χ4v) is 2.04. The van der Waals surface area contributed by atoms with E-state index in [0.29, 0.717) is 22.1 Å². The molecule has 1 aromatic rings. The van der Waals surface area contributed by atoms with Crippen molar-refractivity contribution in [3.63, 3.8) is 0 Å². The summed E-state index contributed by atoms with van der Waals surface area (Å²) in [6.45, 7) is 5.14. The summed E-state index contributed by atoms with van der Waals surface area (Å²) >= 11 is 6.04. The SMILES string of the molecule is CC(C(=O)O)c1cc2c(cc1Cl)OC(C)(C)O2. The van der Waals surface area contributed by atoms with Gasteiger partial charge in [0.05, 0.1) is 5.92 Å². The van der Waals surface area contributed by atoms with Crippen LogP contribution in [0.1, 0.15) is 32.3 Å². The lowest BCUT2D eigenvalue weighted by Crippen LogP contribution is -2.29. The van der Waals surface area contributed by atoms with Gasteiger partial charge in [-0.3, -0.25) is 4.79 Å². The van der Waals surface area contributed by atoms with Gasteiger partial charge in [-0.15, -0.1) is 0 Å².